The Balaban J connectivity index is 2.18. The van der Waals surface area contributed by atoms with Crippen LogP contribution in [-0.4, -0.2) is 24.7 Å². The lowest BCUT2D eigenvalue weighted by Gasteiger charge is -2.05. The van der Waals surface area contributed by atoms with Crippen molar-refractivity contribution in [1.82, 2.24) is 5.32 Å². The summed E-state index contributed by atoms with van der Waals surface area (Å²) in [6.45, 7) is 1.49. The molecule has 5 heteroatoms. The molecule has 120 valence electrons. The van der Waals surface area contributed by atoms with Gasteiger partial charge in [0.2, 0.25) is 5.91 Å². The second kappa shape index (κ2) is 9.71. The molecule has 0 fully saturated rings. The molecule has 0 saturated carbocycles. The number of unbranched alkanes of at least 4 members (excludes halogenated alkanes) is 3. The maximum Gasteiger partial charge on any atom is 0.311 e. The summed E-state index contributed by atoms with van der Waals surface area (Å²) < 4.78 is 5.20. The van der Waals surface area contributed by atoms with Crippen molar-refractivity contribution in [1.29, 1.82) is 0 Å². The number of hydrogen-bond acceptors (Lipinski definition) is 4. The predicted molar refractivity (Wildman–Crippen MR) is 83.9 cm³/mol. The normalized spacial score (nSPS) is 10.1. The Hall–Kier alpha value is -2.17. The third-order valence-electron chi connectivity index (χ3n) is 3.31. The Labute approximate surface area is 131 Å². The highest BCUT2D eigenvalue weighted by Crippen LogP contribution is 2.14. The van der Waals surface area contributed by atoms with Gasteiger partial charge in [0.05, 0.1) is 0 Å². The Bertz CT molecular complexity index is 508. The van der Waals surface area contributed by atoms with Crippen LogP contribution in [0.15, 0.2) is 24.3 Å². The maximum atomic E-state index is 11.7. The minimum absolute atomic E-state index is 0.0189. The molecule has 0 saturated heterocycles. The first-order chi connectivity index (χ1) is 10.5. The third-order valence-corrected chi connectivity index (χ3v) is 3.31. The summed E-state index contributed by atoms with van der Waals surface area (Å²) in [7, 11) is 1.63. The second-order valence-electron chi connectivity index (χ2n) is 5.14. The van der Waals surface area contributed by atoms with E-state index in [-0.39, 0.29) is 17.7 Å². The number of amides is 1. The van der Waals surface area contributed by atoms with Crippen LogP contribution in [0, 0.1) is 0 Å². The van der Waals surface area contributed by atoms with Crippen molar-refractivity contribution in [3.8, 4) is 5.75 Å². The standard InChI is InChI=1S/C17H23NO4/c1-13(19)14-9-11-15(12-10-14)22-17(21)8-6-4-3-5-7-16(20)18-2/h9-12H,3-8H2,1-2H3,(H,18,20). The number of benzene rings is 1. The van der Waals surface area contributed by atoms with E-state index >= 15 is 0 Å². The zero-order valence-corrected chi connectivity index (χ0v) is 13.2. The number of nitrogens with one attached hydrogen (secondary N) is 1. The number of hydrogen-bond donors (Lipinski definition) is 1. The molecular formula is C17H23NO4. The average Bonchev–Trinajstić information content (AvgIpc) is 2.50. The maximum absolute atomic E-state index is 11.7. The van der Waals surface area contributed by atoms with Crippen LogP contribution in [-0.2, 0) is 9.59 Å². The van der Waals surface area contributed by atoms with Gasteiger partial charge in [0.25, 0.3) is 0 Å². The third kappa shape index (κ3) is 7.02. The van der Waals surface area contributed by atoms with Crippen molar-refractivity contribution in [2.75, 3.05) is 7.05 Å². The van der Waals surface area contributed by atoms with E-state index in [1.807, 2.05) is 0 Å². The van der Waals surface area contributed by atoms with Crippen LogP contribution in [0.2, 0.25) is 0 Å². The Morgan fingerprint density at radius 3 is 2.09 bits per heavy atom. The topological polar surface area (TPSA) is 72.5 Å². The molecule has 1 aromatic carbocycles. The Morgan fingerprint density at radius 1 is 0.955 bits per heavy atom. The lowest BCUT2D eigenvalue weighted by Crippen LogP contribution is -2.16. The summed E-state index contributed by atoms with van der Waals surface area (Å²) in [4.78, 5) is 33.8. The first kappa shape index (κ1) is 17.9. The molecule has 0 atom stereocenters. The zero-order valence-electron chi connectivity index (χ0n) is 13.2. The van der Waals surface area contributed by atoms with Crippen molar-refractivity contribution in [3.63, 3.8) is 0 Å². The Morgan fingerprint density at radius 2 is 1.55 bits per heavy atom. The summed E-state index contributed by atoms with van der Waals surface area (Å²) in [6, 6.07) is 6.53. The predicted octanol–water partition coefficient (Wildman–Crippen LogP) is 2.88. The summed E-state index contributed by atoms with van der Waals surface area (Å²) in [5.74, 6) is 0.208. The molecule has 0 bridgehead atoms. The SMILES string of the molecule is CNC(=O)CCCCCCC(=O)Oc1ccc(C(C)=O)cc1. The van der Waals surface area contributed by atoms with Gasteiger partial charge in [-0.15, -0.1) is 0 Å². The van der Waals surface area contributed by atoms with Gasteiger partial charge in [-0.1, -0.05) is 12.8 Å². The largest absolute Gasteiger partial charge is 0.427 e. The van der Waals surface area contributed by atoms with Crippen molar-refractivity contribution in [3.05, 3.63) is 29.8 Å². The molecular weight excluding hydrogens is 282 g/mol. The molecule has 0 aliphatic rings. The van der Waals surface area contributed by atoms with E-state index in [2.05, 4.69) is 5.32 Å². The van der Waals surface area contributed by atoms with Gasteiger partial charge in [-0.2, -0.15) is 0 Å². The molecule has 0 aromatic heterocycles. The van der Waals surface area contributed by atoms with Gasteiger partial charge in [0, 0.05) is 25.5 Å². The van der Waals surface area contributed by atoms with Gasteiger partial charge >= 0.3 is 5.97 Å². The molecule has 1 amide bonds. The molecule has 22 heavy (non-hydrogen) atoms. The van der Waals surface area contributed by atoms with E-state index in [4.69, 9.17) is 4.74 Å². The summed E-state index contributed by atoms with van der Waals surface area (Å²) in [5.41, 5.74) is 0.593. The highest BCUT2D eigenvalue weighted by Gasteiger charge is 2.06. The monoisotopic (exact) mass is 305 g/mol. The van der Waals surface area contributed by atoms with Gasteiger partial charge < -0.3 is 10.1 Å². The van der Waals surface area contributed by atoms with Crippen LogP contribution in [0.3, 0.4) is 0 Å². The second-order valence-corrected chi connectivity index (χ2v) is 5.14. The van der Waals surface area contributed by atoms with E-state index in [1.165, 1.54) is 6.92 Å². The minimum Gasteiger partial charge on any atom is -0.427 e. The smallest absolute Gasteiger partial charge is 0.311 e. The van der Waals surface area contributed by atoms with E-state index < -0.39 is 0 Å². The van der Waals surface area contributed by atoms with Gasteiger partial charge in [-0.3, -0.25) is 14.4 Å². The summed E-state index contributed by atoms with van der Waals surface area (Å²) in [5, 5.41) is 2.58. The zero-order chi connectivity index (χ0) is 16.4. The average molecular weight is 305 g/mol. The number of Topliss-reactive ketones (excluding diaryl/α,β-unsaturated/α-hetero) is 1. The van der Waals surface area contributed by atoms with Crippen LogP contribution >= 0.6 is 0 Å². The quantitative estimate of drug-likeness (QED) is 0.329. The van der Waals surface area contributed by atoms with Gasteiger partial charge in [0.1, 0.15) is 5.75 Å². The molecule has 0 radical (unpaired) electrons. The molecule has 0 heterocycles. The highest BCUT2D eigenvalue weighted by molar-refractivity contribution is 5.94. The molecule has 0 unspecified atom stereocenters. The van der Waals surface area contributed by atoms with Gasteiger partial charge in [0.15, 0.2) is 5.78 Å². The molecule has 5 nitrogen and oxygen atoms in total. The van der Waals surface area contributed by atoms with Crippen LogP contribution < -0.4 is 10.1 Å². The van der Waals surface area contributed by atoms with E-state index in [1.54, 1.807) is 31.3 Å². The first-order valence-corrected chi connectivity index (χ1v) is 7.55. The van der Waals surface area contributed by atoms with Crippen LogP contribution in [0.25, 0.3) is 0 Å². The van der Waals surface area contributed by atoms with Crippen LogP contribution in [0.4, 0.5) is 0 Å². The number of rotatable bonds is 9. The number of ether oxygens (including phenoxy) is 1. The molecule has 1 aromatic rings. The number of carbonyl (C=O) groups excluding carboxylic acids is 3. The fourth-order valence-electron chi connectivity index (χ4n) is 1.97. The molecule has 0 aliphatic carbocycles. The number of carbonyl (C=O) groups is 3. The molecule has 1 N–H and O–H groups in total. The molecule has 0 aliphatic heterocycles. The fourth-order valence-corrected chi connectivity index (χ4v) is 1.97. The minimum atomic E-state index is -0.276. The molecule has 0 spiro atoms. The van der Waals surface area contributed by atoms with E-state index in [0.29, 0.717) is 24.2 Å². The highest BCUT2D eigenvalue weighted by atomic mass is 16.5. The lowest BCUT2D eigenvalue weighted by molar-refractivity contribution is -0.134. The molecule has 1 rings (SSSR count). The van der Waals surface area contributed by atoms with Gasteiger partial charge in [-0.05, 0) is 44.0 Å². The first-order valence-electron chi connectivity index (χ1n) is 7.55. The van der Waals surface area contributed by atoms with Crippen LogP contribution in [0.1, 0.15) is 55.8 Å². The fraction of sp³-hybridized carbons (Fsp3) is 0.471. The Kier molecular flexibility index (Phi) is 7.89. The lowest BCUT2D eigenvalue weighted by atomic mass is 10.1. The number of ketones is 1. The van der Waals surface area contributed by atoms with Crippen molar-refractivity contribution in [2.45, 2.75) is 45.4 Å². The van der Waals surface area contributed by atoms with Crippen molar-refractivity contribution >= 4 is 17.7 Å². The van der Waals surface area contributed by atoms with Gasteiger partial charge in [-0.25, -0.2) is 0 Å². The number of esters is 1. The van der Waals surface area contributed by atoms with E-state index in [0.717, 1.165) is 25.7 Å². The van der Waals surface area contributed by atoms with Crippen molar-refractivity contribution < 1.29 is 19.1 Å². The van der Waals surface area contributed by atoms with Crippen LogP contribution in [0.5, 0.6) is 5.75 Å². The van der Waals surface area contributed by atoms with Crippen molar-refractivity contribution in [2.24, 2.45) is 0 Å². The van der Waals surface area contributed by atoms with E-state index in [9.17, 15) is 14.4 Å². The summed E-state index contributed by atoms with van der Waals surface area (Å²) >= 11 is 0. The summed E-state index contributed by atoms with van der Waals surface area (Å²) in [6.07, 6.45) is 4.29.